The van der Waals surface area contributed by atoms with Gasteiger partial charge in [-0.3, -0.25) is 9.59 Å². The molecule has 1 aliphatic heterocycles. The van der Waals surface area contributed by atoms with Crippen molar-refractivity contribution in [3.05, 3.63) is 58.0 Å². The summed E-state index contributed by atoms with van der Waals surface area (Å²) in [5.41, 5.74) is 2.49. The molecule has 1 aliphatic carbocycles. The number of anilines is 1. The Bertz CT molecular complexity index is 1010. The second kappa shape index (κ2) is 11.5. The van der Waals surface area contributed by atoms with Crippen LogP contribution in [0.5, 0.6) is 0 Å². The third kappa shape index (κ3) is 6.80. The van der Waals surface area contributed by atoms with E-state index in [0.717, 1.165) is 11.1 Å². The Morgan fingerprint density at radius 1 is 1.29 bits per heavy atom. The smallest absolute Gasteiger partial charge is 0.367 e. The number of ether oxygens (including phenoxy) is 1. The van der Waals surface area contributed by atoms with E-state index in [1.807, 2.05) is 18.2 Å². The summed E-state index contributed by atoms with van der Waals surface area (Å²) < 4.78 is 48.5. The number of hydrogen-bond donors (Lipinski definition) is 2. The van der Waals surface area contributed by atoms with Gasteiger partial charge < -0.3 is 20.3 Å². The van der Waals surface area contributed by atoms with Crippen LogP contribution < -0.4 is 10.6 Å². The van der Waals surface area contributed by atoms with Gasteiger partial charge in [-0.15, -0.1) is 0 Å². The first-order valence-electron chi connectivity index (χ1n) is 10.4. The number of nitrogens with one attached hydrogen (secondary N) is 2. The summed E-state index contributed by atoms with van der Waals surface area (Å²) in [5.74, 6) is -0.0573. The predicted molar refractivity (Wildman–Crippen MR) is 117 cm³/mol. The first-order valence-corrected chi connectivity index (χ1v) is 10.7. The molecule has 2 aliphatic rings. The molecule has 0 spiro atoms. The molecule has 0 radical (unpaired) electrons. The summed E-state index contributed by atoms with van der Waals surface area (Å²) in [6.07, 6.45) is 2.30. The zero-order valence-corrected chi connectivity index (χ0v) is 18.9. The molecule has 1 saturated heterocycles. The molecule has 2 aromatic rings. The Labute approximate surface area is 198 Å². The van der Waals surface area contributed by atoms with Gasteiger partial charge in [-0.2, -0.15) is 13.2 Å². The van der Waals surface area contributed by atoms with Crippen LogP contribution >= 0.6 is 11.6 Å². The van der Waals surface area contributed by atoms with Gasteiger partial charge in [0.25, 0.3) is 5.91 Å². The number of amides is 2. The Balaban J connectivity index is 0.000000751. The summed E-state index contributed by atoms with van der Waals surface area (Å²) in [4.78, 5) is 29.6. The average Bonchev–Trinajstić information content (AvgIpc) is 3.20. The van der Waals surface area contributed by atoms with Crippen molar-refractivity contribution in [1.82, 2.24) is 15.2 Å². The van der Waals surface area contributed by atoms with Crippen LogP contribution in [0.4, 0.5) is 23.4 Å². The van der Waals surface area contributed by atoms with Crippen LogP contribution in [0, 0.1) is 5.82 Å². The van der Waals surface area contributed by atoms with Crippen molar-refractivity contribution in [2.75, 3.05) is 25.5 Å². The summed E-state index contributed by atoms with van der Waals surface area (Å²) in [7, 11) is 1.68. The van der Waals surface area contributed by atoms with Crippen LogP contribution in [0.3, 0.4) is 0 Å². The van der Waals surface area contributed by atoms with Crippen molar-refractivity contribution in [3.8, 4) is 0 Å². The van der Waals surface area contributed by atoms with Crippen LogP contribution in [0.1, 0.15) is 16.7 Å². The lowest BCUT2D eigenvalue weighted by atomic mass is 10.1. The molecular formula is C22H23ClF4N4O3. The number of aromatic nitrogens is 1. The highest BCUT2D eigenvalue weighted by molar-refractivity contribution is 6.30. The number of alkyl halides is 3. The van der Waals surface area contributed by atoms with Crippen molar-refractivity contribution in [2.24, 2.45) is 0 Å². The van der Waals surface area contributed by atoms with Crippen molar-refractivity contribution in [2.45, 2.75) is 38.2 Å². The van der Waals surface area contributed by atoms with Crippen molar-refractivity contribution in [3.63, 3.8) is 0 Å². The number of nitrogens with zero attached hydrogens (tertiary/aromatic N) is 2. The van der Waals surface area contributed by atoms with E-state index in [9.17, 15) is 27.2 Å². The quantitative estimate of drug-likeness (QED) is 0.614. The molecule has 1 aromatic carbocycles. The number of hydrogen-bond acceptors (Lipinski definition) is 5. The molecule has 1 aromatic heterocycles. The van der Waals surface area contributed by atoms with Crippen molar-refractivity contribution in [1.29, 1.82) is 0 Å². The molecule has 0 saturated carbocycles. The van der Waals surface area contributed by atoms with E-state index in [-0.39, 0.29) is 41.8 Å². The molecule has 0 bridgehead atoms. The van der Waals surface area contributed by atoms with Crippen molar-refractivity contribution >= 4 is 29.2 Å². The van der Waals surface area contributed by atoms with Gasteiger partial charge in [0.05, 0.1) is 11.6 Å². The van der Waals surface area contributed by atoms with Gasteiger partial charge in [0.15, 0.2) is 6.10 Å². The minimum absolute atomic E-state index is 0.0502. The highest BCUT2D eigenvalue weighted by Crippen LogP contribution is 2.30. The van der Waals surface area contributed by atoms with Crippen molar-refractivity contribution < 1.29 is 31.9 Å². The molecule has 7 nitrogen and oxygen atoms in total. The lowest BCUT2D eigenvalue weighted by molar-refractivity contribution is -0.150. The topological polar surface area (TPSA) is 83.6 Å². The predicted octanol–water partition coefficient (Wildman–Crippen LogP) is 3.11. The van der Waals surface area contributed by atoms with Gasteiger partial charge >= 0.3 is 6.68 Å². The van der Waals surface area contributed by atoms with Gasteiger partial charge in [0, 0.05) is 25.8 Å². The molecule has 2 amide bonds. The number of likely N-dealkylation sites (N-methyl/N-ethyl adjacent to an activating group) is 1. The van der Waals surface area contributed by atoms with E-state index in [2.05, 4.69) is 15.6 Å². The highest BCUT2D eigenvalue weighted by atomic mass is 35.5. The number of pyridine rings is 1. The maximum absolute atomic E-state index is 14.2. The molecule has 2 N–H and O–H groups in total. The van der Waals surface area contributed by atoms with Gasteiger partial charge in [0.2, 0.25) is 5.91 Å². The third-order valence-corrected chi connectivity index (χ3v) is 5.65. The molecule has 2 heterocycles. The number of fused-ring (bicyclic) bond motifs is 1. The molecule has 2 atom stereocenters. The molecule has 12 heteroatoms. The van der Waals surface area contributed by atoms with E-state index < -0.39 is 12.8 Å². The fourth-order valence-corrected chi connectivity index (χ4v) is 3.97. The standard InChI is InChI=1S/C21H22ClFN4O3.CHF3/c1-27(21(29)17-9-25-19(28)11-30-17)10-12-2-5-18(24-8-12)26-14-6-13-3-4-16(22)20(23)15(13)7-14;2-1(3)4/h2-5,8,14,17H,6-7,9-11H2,1H3,(H,24,26)(H,25,28);1H. The Morgan fingerprint density at radius 3 is 2.65 bits per heavy atom. The number of benzene rings is 1. The zero-order valence-electron chi connectivity index (χ0n) is 18.2. The number of halogens is 5. The minimum Gasteiger partial charge on any atom is -0.367 e. The summed E-state index contributed by atoms with van der Waals surface area (Å²) in [5, 5.41) is 6.11. The number of carbonyl (C=O) groups excluding carboxylic acids is 2. The fraction of sp³-hybridized carbons (Fsp3) is 0.409. The second-order valence-electron chi connectivity index (χ2n) is 7.85. The van der Waals surface area contributed by atoms with Gasteiger partial charge in [-0.25, -0.2) is 9.37 Å². The lowest BCUT2D eigenvalue weighted by Crippen LogP contribution is -2.50. The monoisotopic (exact) mass is 502 g/mol. The maximum Gasteiger partial charge on any atom is 0.379 e. The first kappa shape index (κ1) is 25.7. The molecule has 184 valence electrons. The Hall–Kier alpha value is -2.92. The van der Waals surface area contributed by atoms with Gasteiger partial charge in [-0.05, 0) is 41.7 Å². The van der Waals surface area contributed by atoms with Crippen LogP contribution in [0.15, 0.2) is 30.5 Å². The van der Waals surface area contributed by atoms with Crippen LogP contribution in [0.2, 0.25) is 5.02 Å². The van der Waals surface area contributed by atoms with E-state index in [1.54, 1.807) is 24.2 Å². The number of carbonyl (C=O) groups is 2. The maximum atomic E-state index is 14.2. The van der Waals surface area contributed by atoms with Crippen LogP contribution in [-0.2, 0) is 33.7 Å². The molecule has 2 unspecified atom stereocenters. The summed E-state index contributed by atoms with van der Waals surface area (Å²) in [6.45, 7) is -3.22. The Morgan fingerprint density at radius 2 is 2.03 bits per heavy atom. The SMILES string of the molecule is CN(Cc1ccc(NC2Cc3ccc(Cl)c(F)c3C2)nc1)C(=O)C1CNC(=O)CO1.FC(F)F. The van der Waals surface area contributed by atoms with E-state index in [0.29, 0.717) is 30.8 Å². The van der Waals surface area contributed by atoms with E-state index >= 15 is 0 Å². The van der Waals surface area contributed by atoms with E-state index in [4.69, 9.17) is 16.3 Å². The highest BCUT2D eigenvalue weighted by Gasteiger charge is 2.28. The fourth-order valence-electron chi connectivity index (χ4n) is 3.79. The van der Waals surface area contributed by atoms with E-state index in [1.165, 1.54) is 0 Å². The number of rotatable bonds is 5. The number of morpholine rings is 1. The average molecular weight is 503 g/mol. The summed E-state index contributed by atoms with van der Waals surface area (Å²) in [6, 6.07) is 7.25. The molecular weight excluding hydrogens is 480 g/mol. The van der Waals surface area contributed by atoms with Gasteiger partial charge in [0.1, 0.15) is 18.2 Å². The first-order chi connectivity index (χ1) is 16.1. The largest absolute Gasteiger partial charge is 0.379 e. The third-order valence-electron chi connectivity index (χ3n) is 5.36. The van der Waals surface area contributed by atoms with Crippen LogP contribution in [0.25, 0.3) is 0 Å². The molecule has 34 heavy (non-hydrogen) atoms. The van der Waals surface area contributed by atoms with Crippen LogP contribution in [-0.4, -0.2) is 60.7 Å². The lowest BCUT2D eigenvalue weighted by Gasteiger charge is -2.27. The minimum atomic E-state index is -3.67. The molecule has 1 fully saturated rings. The Kier molecular flexibility index (Phi) is 8.67. The van der Waals surface area contributed by atoms with Gasteiger partial charge in [-0.1, -0.05) is 23.7 Å². The molecule has 4 rings (SSSR count). The normalized spacial score (nSPS) is 19.1. The summed E-state index contributed by atoms with van der Waals surface area (Å²) >= 11 is 5.88. The zero-order chi connectivity index (χ0) is 24.8. The second-order valence-corrected chi connectivity index (χ2v) is 8.25.